The molecule has 8 heteroatoms. The first-order valence-corrected chi connectivity index (χ1v) is 14.4. The van der Waals surface area contributed by atoms with Crippen LogP contribution in [0.15, 0.2) is 81.9 Å². The summed E-state index contributed by atoms with van der Waals surface area (Å²) in [6, 6.07) is 12.4. The first-order chi connectivity index (χ1) is 19.7. The molecule has 0 saturated carbocycles. The zero-order valence-corrected chi connectivity index (χ0v) is 24.2. The fourth-order valence-electron chi connectivity index (χ4n) is 6.62. The lowest BCUT2D eigenvalue weighted by atomic mass is 9.61. The molecular formula is C33H28BrNO6. The third-order valence-electron chi connectivity index (χ3n) is 8.67. The van der Waals surface area contributed by atoms with Gasteiger partial charge in [0, 0.05) is 23.1 Å². The number of methoxy groups -OCH3 is 1. The molecule has 1 N–H and O–H groups in total. The molecule has 1 fully saturated rings. The number of nitrogens with zero attached hydrogens (tertiary/aromatic N) is 1. The van der Waals surface area contributed by atoms with Gasteiger partial charge in [-0.2, -0.15) is 0 Å². The van der Waals surface area contributed by atoms with E-state index in [1.165, 1.54) is 24.2 Å². The minimum atomic E-state index is -0.625. The molecule has 41 heavy (non-hydrogen) atoms. The smallest absolute Gasteiger partial charge is 0.238 e. The van der Waals surface area contributed by atoms with Gasteiger partial charge in [-0.25, -0.2) is 0 Å². The van der Waals surface area contributed by atoms with E-state index >= 15 is 0 Å². The summed E-state index contributed by atoms with van der Waals surface area (Å²) in [5.41, 5.74) is 4.07. The number of ether oxygens (including phenoxy) is 1. The quantitative estimate of drug-likeness (QED) is 0.272. The number of phenolic OH excluding ortho intramolecular Hbond substituents is 1. The number of hydrogen-bond donors (Lipinski definition) is 1. The molecule has 2 aromatic carbocycles. The van der Waals surface area contributed by atoms with Gasteiger partial charge in [-0.3, -0.25) is 24.1 Å². The average molecular weight is 614 g/mol. The molecule has 2 aromatic rings. The topological polar surface area (TPSA) is 101 Å². The highest BCUT2D eigenvalue weighted by molar-refractivity contribution is 9.12. The third kappa shape index (κ3) is 4.41. The van der Waals surface area contributed by atoms with Crippen LogP contribution in [0.5, 0.6) is 11.5 Å². The third-order valence-corrected chi connectivity index (χ3v) is 9.26. The lowest BCUT2D eigenvalue weighted by Gasteiger charge is -2.41. The van der Waals surface area contributed by atoms with Gasteiger partial charge in [-0.15, -0.1) is 0 Å². The van der Waals surface area contributed by atoms with Gasteiger partial charge in [0.05, 0.1) is 29.1 Å². The molecule has 0 spiro atoms. The number of rotatable bonds is 5. The summed E-state index contributed by atoms with van der Waals surface area (Å²) < 4.78 is 5.42. The second kappa shape index (κ2) is 10.4. The number of carbonyl (C=O) groups excluding carboxylic acids is 4. The Morgan fingerprint density at radius 2 is 1.80 bits per heavy atom. The molecule has 1 aliphatic heterocycles. The van der Waals surface area contributed by atoms with Gasteiger partial charge in [0.25, 0.3) is 0 Å². The van der Waals surface area contributed by atoms with Crippen molar-refractivity contribution < 1.29 is 29.0 Å². The summed E-state index contributed by atoms with van der Waals surface area (Å²) in [6.07, 6.45) is 8.43. The number of aryl methyl sites for hydroxylation is 1. The Bertz CT molecular complexity index is 1630. The van der Waals surface area contributed by atoms with Crippen molar-refractivity contribution in [1.82, 2.24) is 0 Å². The van der Waals surface area contributed by atoms with Crippen molar-refractivity contribution in [3.8, 4) is 11.5 Å². The molecule has 2 amide bonds. The van der Waals surface area contributed by atoms with Crippen LogP contribution >= 0.6 is 15.9 Å². The zero-order chi connectivity index (χ0) is 29.0. The highest BCUT2D eigenvalue weighted by atomic mass is 79.9. The summed E-state index contributed by atoms with van der Waals surface area (Å²) in [7, 11) is 1.46. The fraction of sp³-hybridized carbons (Fsp3) is 0.273. The second-order valence-electron chi connectivity index (χ2n) is 10.8. The number of Topliss-reactive ketones (excluding diaryl/α,β-unsaturated/α-hetero) is 1. The molecule has 3 aliphatic carbocycles. The molecule has 1 heterocycles. The lowest BCUT2D eigenvalue weighted by molar-refractivity contribution is -0.123. The second-order valence-corrected chi connectivity index (χ2v) is 11.6. The molecule has 0 radical (unpaired) electrons. The predicted molar refractivity (Wildman–Crippen MR) is 157 cm³/mol. The number of fused-ring (bicyclic) bond motifs is 3. The number of imide groups is 1. The van der Waals surface area contributed by atoms with Gasteiger partial charge in [-0.05, 0) is 76.5 Å². The molecule has 208 valence electrons. The molecule has 0 unspecified atom stereocenters. The number of phenols is 1. The molecule has 1 saturated heterocycles. The highest BCUT2D eigenvalue weighted by Gasteiger charge is 2.56. The van der Waals surface area contributed by atoms with E-state index in [9.17, 15) is 24.3 Å². The van der Waals surface area contributed by atoms with Gasteiger partial charge < -0.3 is 9.84 Å². The van der Waals surface area contributed by atoms with E-state index in [-0.39, 0.29) is 40.0 Å². The minimum Gasteiger partial charge on any atom is -0.504 e. The Hall–Kier alpha value is -4.04. The maximum Gasteiger partial charge on any atom is 0.238 e. The van der Waals surface area contributed by atoms with Gasteiger partial charge in [0.1, 0.15) is 0 Å². The Morgan fingerprint density at radius 3 is 2.51 bits per heavy atom. The SMILES string of the molecule is CCc1ccc(N2C(=O)[C@H]3[C@H](CC=C4[C@H](C=Cc5ccc(O)c(OC)c5)C5=C(C[C@H]43)C(=O)C(Br)=CC5=O)C2=O)cc1. The normalized spacial score (nSPS) is 25.7. The molecule has 6 rings (SSSR count). The summed E-state index contributed by atoms with van der Waals surface area (Å²) >= 11 is 3.25. The zero-order valence-electron chi connectivity index (χ0n) is 22.6. The van der Waals surface area contributed by atoms with Crippen LogP contribution in [-0.4, -0.2) is 35.6 Å². The number of carbonyl (C=O) groups is 4. The minimum absolute atomic E-state index is 0.00903. The number of allylic oxidation sites excluding steroid dienone is 7. The number of halogens is 1. The lowest BCUT2D eigenvalue weighted by Crippen LogP contribution is -2.40. The molecular weight excluding hydrogens is 586 g/mol. The van der Waals surface area contributed by atoms with E-state index in [0.717, 1.165) is 23.1 Å². The molecule has 7 nitrogen and oxygen atoms in total. The predicted octanol–water partition coefficient (Wildman–Crippen LogP) is 5.48. The first kappa shape index (κ1) is 27.1. The van der Waals surface area contributed by atoms with Gasteiger partial charge in [0.15, 0.2) is 23.1 Å². The van der Waals surface area contributed by atoms with Crippen LogP contribution in [0.4, 0.5) is 5.69 Å². The molecule has 0 aromatic heterocycles. The average Bonchev–Trinajstić information content (AvgIpc) is 3.24. The van der Waals surface area contributed by atoms with Crippen LogP contribution in [-0.2, 0) is 25.6 Å². The van der Waals surface area contributed by atoms with Crippen molar-refractivity contribution in [3.05, 3.63) is 93.0 Å². The van der Waals surface area contributed by atoms with Gasteiger partial charge in [0.2, 0.25) is 11.8 Å². The van der Waals surface area contributed by atoms with Crippen LogP contribution in [0.1, 0.15) is 30.9 Å². The number of ketones is 2. The van der Waals surface area contributed by atoms with Crippen molar-refractivity contribution >= 4 is 51.1 Å². The summed E-state index contributed by atoms with van der Waals surface area (Å²) in [5, 5.41) is 9.99. The van der Waals surface area contributed by atoms with Crippen LogP contribution < -0.4 is 9.64 Å². The van der Waals surface area contributed by atoms with Crippen molar-refractivity contribution in [2.45, 2.75) is 26.2 Å². The van der Waals surface area contributed by atoms with Crippen molar-refractivity contribution in [3.63, 3.8) is 0 Å². The Morgan fingerprint density at radius 1 is 1.05 bits per heavy atom. The van der Waals surface area contributed by atoms with Crippen molar-refractivity contribution in [1.29, 1.82) is 0 Å². The maximum atomic E-state index is 14.0. The van der Waals surface area contributed by atoms with Gasteiger partial charge in [-0.1, -0.05) is 48.9 Å². The monoisotopic (exact) mass is 613 g/mol. The van der Waals surface area contributed by atoms with Crippen LogP contribution in [0.2, 0.25) is 0 Å². The molecule has 0 bridgehead atoms. The Balaban J connectivity index is 1.41. The number of benzene rings is 2. The standard InChI is InChI=1S/C33H28BrNO6/c1-3-17-4-8-19(9-5-17)35-32(39)22-12-11-20-21(10-6-18-7-13-26(36)28(14-18)41-2)29-24(15-23(20)30(22)33(35)40)31(38)25(34)16-27(29)37/h4-11,13-14,16,21-23,30,36H,3,12,15H2,1-2H3/t21-,22-,23+,30-/m0/s1. The summed E-state index contributed by atoms with van der Waals surface area (Å²) in [5.74, 6) is -2.79. The number of amides is 2. The van der Waals surface area contributed by atoms with Crippen molar-refractivity contribution in [2.75, 3.05) is 12.0 Å². The number of aromatic hydroxyl groups is 1. The highest BCUT2D eigenvalue weighted by Crippen LogP contribution is 2.53. The van der Waals surface area contributed by atoms with Crippen LogP contribution in [0, 0.1) is 23.7 Å². The fourth-order valence-corrected chi connectivity index (χ4v) is 7.07. The summed E-state index contributed by atoms with van der Waals surface area (Å²) in [6.45, 7) is 2.04. The van der Waals surface area contributed by atoms with Crippen LogP contribution in [0.25, 0.3) is 6.08 Å². The van der Waals surface area contributed by atoms with E-state index in [0.29, 0.717) is 29.0 Å². The van der Waals surface area contributed by atoms with Crippen LogP contribution in [0.3, 0.4) is 0 Å². The van der Waals surface area contributed by atoms with E-state index in [2.05, 4.69) is 15.9 Å². The number of anilines is 1. The Labute approximate surface area is 246 Å². The van der Waals surface area contributed by atoms with E-state index < -0.39 is 23.7 Å². The largest absolute Gasteiger partial charge is 0.504 e. The number of hydrogen-bond acceptors (Lipinski definition) is 6. The van der Waals surface area contributed by atoms with Crippen molar-refractivity contribution in [2.24, 2.45) is 23.7 Å². The molecule has 4 aliphatic rings. The van der Waals surface area contributed by atoms with E-state index in [1.807, 2.05) is 49.4 Å². The summed E-state index contributed by atoms with van der Waals surface area (Å²) in [4.78, 5) is 55.5. The maximum absolute atomic E-state index is 14.0. The Kier molecular flexibility index (Phi) is 6.90. The van der Waals surface area contributed by atoms with E-state index in [1.54, 1.807) is 12.1 Å². The van der Waals surface area contributed by atoms with E-state index in [4.69, 9.17) is 4.74 Å². The van der Waals surface area contributed by atoms with Gasteiger partial charge >= 0.3 is 0 Å². The first-order valence-electron chi connectivity index (χ1n) is 13.6. The molecule has 4 atom stereocenters.